The molecule has 0 aliphatic carbocycles. The molecule has 1 saturated heterocycles. The molecule has 0 aromatic heterocycles. The monoisotopic (exact) mass is 516 g/mol. The second-order valence-electron chi connectivity index (χ2n) is 8.03. The Balaban J connectivity index is 1.68. The first-order valence-electron chi connectivity index (χ1n) is 10.2. The summed E-state index contributed by atoms with van der Waals surface area (Å²) in [6.45, 7) is 8.27. The van der Waals surface area contributed by atoms with Crippen molar-refractivity contribution in [3.63, 3.8) is 0 Å². The van der Waals surface area contributed by atoms with E-state index in [0.717, 1.165) is 37.8 Å². The lowest BCUT2D eigenvalue weighted by Crippen LogP contribution is -2.36. The fourth-order valence-electron chi connectivity index (χ4n) is 3.06. The number of amides is 3. The summed E-state index contributed by atoms with van der Waals surface area (Å²) in [5.41, 5.74) is 3.41. The van der Waals surface area contributed by atoms with Crippen molar-refractivity contribution in [3.05, 3.63) is 62.5 Å². The number of nitrogens with one attached hydrogen (secondary N) is 1. The molecule has 0 radical (unpaired) electrons. The summed E-state index contributed by atoms with van der Waals surface area (Å²) in [6, 6.07) is 11.1. The van der Waals surface area contributed by atoms with Gasteiger partial charge in [0.2, 0.25) is 5.91 Å². The summed E-state index contributed by atoms with van der Waals surface area (Å²) < 4.78 is 6.50. The second-order valence-corrected chi connectivity index (χ2v) is 9.88. The number of benzene rings is 2. The minimum atomic E-state index is -0.480. The number of nitrogens with zero attached hydrogens (tertiary/aromatic N) is 1. The molecule has 168 valence electrons. The molecular formula is C24H25BrN2O4S. The third-order valence-corrected chi connectivity index (χ3v) is 6.18. The molecule has 32 heavy (non-hydrogen) atoms. The Kier molecular flexibility index (Phi) is 7.79. The lowest BCUT2D eigenvalue weighted by Gasteiger charge is -2.14. The lowest BCUT2D eigenvalue weighted by molar-refractivity contribution is -0.127. The van der Waals surface area contributed by atoms with E-state index in [0.29, 0.717) is 24.0 Å². The van der Waals surface area contributed by atoms with E-state index >= 15 is 0 Å². The number of anilines is 1. The molecule has 1 aliphatic heterocycles. The topological polar surface area (TPSA) is 75.7 Å². The highest BCUT2D eigenvalue weighted by molar-refractivity contribution is 9.10. The average Bonchev–Trinajstić information content (AvgIpc) is 2.96. The van der Waals surface area contributed by atoms with Gasteiger partial charge in [-0.3, -0.25) is 19.3 Å². The predicted octanol–water partition coefficient (Wildman–Crippen LogP) is 5.78. The van der Waals surface area contributed by atoms with Crippen LogP contribution < -0.4 is 10.1 Å². The molecule has 0 unspecified atom stereocenters. The number of ether oxygens (including phenoxy) is 1. The maximum Gasteiger partial charge on any atom is 0.294 e. The highest BCUT2D eigenvalue weighted by Gasteiger charge is 2.36. The van der Waals surface area contributed by atoms with Crippen LogP contribution in [0, 0.1) is 19.8 Å². The summed E-state index contributed by atoms with van der Waals surface area (Å²) in [6.07, 6.45) is 1.64. The molecule has 3 rings (SSSR count). The van der Waals surface area contributed by atoms with Crippen LogP contribution in [0.4, 0.5) is 10.5 Å². The Morgan fingerprint density at radius 2 is 1.94 bits per heavy atom. The largest absolute Gasteiger partial charge is 0.492 e. The van der Waals surface area contributed by atoms with Crippen LogP contribution in [-0.2, 0) is 9.59 Å². The van der Waals surface area contributed by atoms with Crippen LogP contribution in [0.2, 0.25) is 0 Å². The van der Waals surface area contributed by atoms with Crippen molar-refractivity contribution >= 4 is 56.5 Å². The minimum Gasteiger partial charge on any atom is -0.492 e. The minimum absolute atomic E-state index is 0.275. The highest BCUT2D eigenvalue weighted by Crippen LogP contribution is 2.34. The SMILES string of the molecule is Cc1ccc(NC(=O)CN2C(=O)S/C(=C/c3ccc(OCC(C)C)c(Br)c3)C2=O)c(C)c1. The van der Waals surface area contributed by atoms with Crippen LogP contribution >= 0.6 is 27.7 Å². The molecule has 0 saturated carbocycles. The van der Waals surface area contributed by atoms with Crippen molar-refractivity contribution in [2.45, 2.75) is 27.7 Å². The van der Waals surface area contributed by atoms with E-state index in [1.807, 2.05) is 50.2 Å². The third-order valence-electron chi connectivity index (χ3n) is 4.66. The van der Waals surface area contributed by atoms with Crippen molar-refractivity contribution in [1.29, 1.82) is 0 Å². The Bertz CT molecular complexity index is 1100. The Morgan fingerprint density at radius 3 is 2.59 bits per heavy atom. The van der Waals surface area contributed by atoms with Gasteiger partial charge in [0.15, 0.2) is 0 Å². The Labute approximate surface area is 200 Å². The average molecular weight is 517 g/mol. The number of carbonyl (C=O) groups is 3. The van der Waals surface area contributed by atoms with Crippen molar-refractivity contribution < 1.29 is 19.1 Å². The van der Waals surface area contributed by atoms with Gasteiger partial charge in [0.1, 0.15) is 12.3 Å². The van der Waals surface area contributed by atoms with Gasteiger partial charge in [-0.2, -0.15) is 0 Å². The van der Waals surface area contributed by atoms with Gasteiger partial charge in [0.25, 0.3) is 11.1 Å². The number of halogens is 1. The smallest absolute Gasteiger partial charge is 0.294 e. The number of thioether (sulfide) groups is 1. The van der Waals surface area contributed by atoms with Gasteiger partial charge in [-0.1, -0.05) is 37.6 Å². The van der Waals surface area contributed by atoms with Crippen LogP contribution in [0.5, 0.6) is 5.75 Å². The molecule has 1 fully saturated rings. The van der Waals surface area contributed by atoms with E-state index in [9.17, 15) is 14.4 Å². The molecule has 1 aliphatic rings. The van der Waals surface area contributed by atoms with Crippen molar-refractivity contribution in [1.82, 2.24) is 4.90 Å². The second kappa shape index (κ2) is 10.4. The third kappa shape index (κ3) is 6.01. The normalized spacial score (nSPS) is 15.1. The zero-order chi connectivity index (χ0) is 23.4. The molecule has 8 heteroatoms. The maximum atomic E-state index is 12.7. The molecule has 3 amide bonds. The van der Waals surface area contributed by atoms with Gasteiger partial charge < -0.3 is 10.1 Å². The van der Waals surface area contributed by atoms with E-state index in [1.165, 1.54) is 0 Å². The molecular weight excluding hydrogens is 492 g/mol. The number of rotatable bonds is 7. The molecule has 1 N–H and O–H groups in total. The van der Waals surface area contributed by atoms with Gasteiger partial charge in [0.05, 0.1) is 16.0 Å². The van der Waals surface area contributed by atoms with Crippen LogP contribution in [0.25, 0.3) is 6.08 Å². The molecule has 6 nitrogen and oxygen atoms in total. The fraction of sp³-hybridized carbons (Fsp3) is 0.292. The van der Waals surface area contributed by atoms with Crippen LogP contribution in [-0.4, -0.2) is 35.1 Å². The predicted molar refractivity (Wildman–Crippen MR) is 132 cm³/mol. The quantitative estimate of drug-likeness (QED) is 0.472. The van der Waals surface area contributed by atoms with E-state index in [2.05, 4.69) is 35.1 Å². The van der Waals surface area contributed by atoms with Gasteiger partial charge >= 0.3 is 0 Å². The standard InChI is InChI=1S/C24H25BrN2O4S/c1-14(2)13-31-20-8-6-17(10-18(20)25)11-21-23(29)27(24(30)32-21)12-22(28)26-19-7-5-15(3)9-16(19)4/h5-11,14H,12-13H2,1-4H3,(H,26,28)/b21-11+. The van der Waals surface area contributed by atoms with Crippen LogP contribution in [0.1, 0.15) is 30.5 Å². The van der Waals surface area contributed by atoms with Crippen LogP contribution in [0.15, 0.2) is 45.8 Å². The van der Waals surface area contributed by atoms with Crippen LogP contribution in [0.3, 0.4) is 0 Å². The van der Waals surface area contributed by atoms with Crippen molar-refractivity contribution in [2.75, 3.05) is 18.5 Å². The highest BCUT2D eigenvalue weighted by atomic mass is 79.9. The summed E-state index contributed by atoms with van der Waals surface area (Å²) in [5.74, 6) is 0.217. The van der Waals surface area contributed by atoms with Crippen molar-refractivity contribution in [2.24, 2.45) is 5.92 Å². The van der Waals surface area contributed by atoms with Gasteiger partial charge in [-0.15, -0.1) is 0 Å². The van der Waals surface area contributed by atoms with Gasteiger partial charge in [0, 0.05) is 5.69 Å². The number of carbonyl (C=O) groups excluding carboxylic acids is 3. The zero-order valence-electron chi connectivity index (χ0n) is 18.4. The number of aryl methyl sites for hydroxylation is 2. The van der Waals surface area contributed by atoms with E-state index in [1.54, 1.807) is 6.08 Å². The molecule has 0 atom stereocenters. The molecule has 0 bridgehead atoms. The Morgan fingerprint density at radius 1 is 1.19 bits per heavy atom. The van der Waals surface area contributed by atoms with Gasteiger partial charge in [-0.05, 0) is 82.9 Å². The fourth-order valence-corrected chi connectivity index (χ4v) is 4.40. The molecule has 0 spiro atoms. The first-order valence-corrected chi connectivity index (χ1v) is 11.8. The summed E-state index contributed by atoms with van der Waals surface area (Å²) in [4.78, 5) is 38.8. The van der Waals surface area contributed by atoms with Crippen molar-refractivity contribution in [3.8, 4) is 5.75 Å². The number of hydrogen-bond acceptors (Lipinski definition) is 5. The number of hydrogen-bond donors (Lipinski definition) is 1. The van der Waals surface area contributed by atoms with Gasteiger partial charge in [-0.25, -0.2) is 0 Å². The number of imide groups is 1. The first kappa shape index (κ1) is 24.1. The first-order chi connectivity index (χ1) is 15.1. The van der Waals surface area contributed by atoms with E-state index < -0.39 is 17.1 Å². The van der Waals surface area contributed by atoms with E-state index in [-0.39, 0.29) is 11.4 Å². The summed E-state index contributed by atoms with van der Waals surface area (Å²) in [5, 5.41) is 2.30. The Hall–Kier alpha value is -2.58. The molecule has 2 aromatic rings. The van der Waals surface area contributed by atoms with E-state index in [4.69, 9.17) is 4.74 Å². The summed E-state index contributed by atoms with van der Waals surface area (Å²) >= 11 is 4.31. The molecule has 2 aromatic carbocycles. The molecule has 1 heterocycles. The summed E-state index contributed by atoms with van der Waals surface area (Å²) in [7, 11) is 0. The lowest BCUT2D eigenvalue weighted by atomic mass is 10.1. The maximum absolute atomic E-state index is 12.7. The zero-order valence-corrected chi connectivity index (χ0v) is 20.8.